The van der Waals surface area contributed by atoms with Crippen LogP contribution < -0.4 is 4.90 Å². The maximum Gasteiger partial charge on any atom is 0.277 e. The first kappa shape index (κ1) is 15.5. The molecule has 0 radical (unpaired) electrons. The molecular weight excluding hydrogens is 284 g/mol. The highest BCUT2D eigenvalue weighted by Crippen LogP contribution is 2.31. The standard InChI is InChI=1S/C20H22N2O/c1-4-15-8-7-9-16(12-15)21-19-17-10-5-6-11-18(17)22(20(19)23)13-14(2)3/h5-12,14H,4,13H2,1-3H3. The molecule has 0 aromatic heterocycles. The Balaban J connectivity index is 2.05. The molecular formula is C20H22N2O. The lowest BCUT2D eigenvalue weighted by Gasteiger charge is -2.18. The second kappa shape index (κ2) is 6.37. The van der Waals surface area contributed by atoms with Crippen LogP contribution in [0.2, 0.25) is 0 Å². The van der Waals surface area contributed by atoms with Gasteiger partial charge in [-0.15, -0.1) is 0 Å². The maximum absolute atomic E-state index is 12.9. The summed E-state index contributed by atoms with van der Waals surface area (Å²) in [6.07, 6.45) is 0.961. The van der Waals surface area contributed by atoms with Gasteiger partial charge in [-0.3, -0.25) is 4.79 Å². The Bertz CT molecular complexity index is 762. The minimum Gasteiger partial charge on any atom is -0.306 e. The molecule has 1 aliphatic rings. The van der Waals surface area contributed by atoms with E-state index in [-0.39, 0.29) is 5.91 Å². The number of rotatable bonds is 4. The van der Waals surface area contributed by atoms with Crippen LogP contribution >= 0.6 is 0 Å². The van der Waals surface area contributed by atoms with Gasteiger partial charge in [-0.25, -0.2) is 4.99 Å². The van der Waals surface area contributed by atoms with Crippen molar-refractivity contribution in [2.24, 2.45) is 10.9 Å². The molecule has 3 rings (SSSR count). The zero-order chi connectivity index (χ0) is 16.4. The first-order valence-corrected chi connectivity index (χ1v) is 8.19. The minimum absolute atomic E-state index is 0.00167. The van der Waals surface area contributed by atoms with E-state index in [9.17, 15) is 4.79 Å². The van der Waals surface area contributed by atoms with Gasteiger partial charge in [0.2, 0.25) is 0 Å². The topological polar surface area (TPSA) is 32.7 Å². The van der Waals surface area contributed by atoms with Gasteiger partial charge in [-0.1, -0.05) is 51.1 Å². The summed E-state index contributed by atoms with van der Waals surface area (Å²) in [7, 11) is 0. The van der Waals surface area contributed by atoms with Crippen LogP contribution in [0.4, 0.5) is 11.4 Å². The smallest absolute Gasteiger partial charge is 0.277 e. The Morgan fingerprint density at radius 1 is 1.09 bits per heavy atom. The molecule has 2 aromatic rings. The van der Waals surface area contributed by atoms with Crippen molar-refractivity contribution < 1.29 is 4.79 Å². The van der Waals surface area contributed by atoms with Crippen molar-refractivity contribution >= 4 is 23.0 Å². The number of benzene rings is 2. The van der Waals surface area contributed by atoms with E-state index in [4.69, 9.17) is 0 Å². The van der Waals surface area contributed by atoms with Crippen LogP contribution in [-0.2, 0) is 11.2 Å². The number of carbonyl (C=O) groups is 1. The van der Waals surface area contributed by atoms with Crippen molar-refractivity contribution in [1.82, 2.24) is 0 Å². The Kier molecular flexibility index (Phi) is 4.28. The highest BCUT2D eigenvalue weighted by molar-refractivity contribution is 6.54. The van der Waals surface area contributed by atoms with Gasteiger partial charge >= 0.3 is 0 Å². The van der Waals surface area contributed by atoms with Gasteiger partial charge in [-0.2, -0.15) is 0 Å². The number of fused-ring (bicyclic) bond motifs is 1. The fraction of sp³-hybridized carbons (Fsp3) is 0.300. The maximum atomic E-state index is 12.9. The quantitative estimate of drug-likeness (QED) is 0.825. The van der Waals surface area contributed by atoms with Crippen LogP contribution in [0.1, 0.15) is 31.9 Å². The summed E-state index contributed by atoms with van der Waals surface area (Å²) in [4.78, 5) is 19.4. The Morgan fingerprint density at radius 2 is 1.87 bits per heavy atom. The van der Waals surface area contributed by atoms with Crippen LogP contribution in [0.3, 0.4) is 0 Å². The van der Waals surface area contributed by atoms with Crippen LogP contribution in [0.25, 0.3) is 0 Å². The average Bonchev–Trinajstić information content (AvgIpc) is 2.81. The van der Waals surface area contributed by atoms with Crippen molar-refractivity contribution in [3.8, 4) is 0 Å². The molecule has 3 nitrogen and oxygen atoms in total. The number of aliphatic imine (C=N–C) groups is 1. The van der Waals surface area contributed by atoms with Gasteiger partial charge in [0.1, 0.15) is 5.71 Å². The summed E-state index contributed by atoms with van der Waals surface area (Å²) in [5.74, 6) is 0.413. The van der Waals surface area contributed by atoms with Gasteiger partial charge < -0.3 is 4.90 Å². The van der Waals surface area contributed by atoms with Gasteiger partial charge in [0.05, 0.1) is 11.4 Å². The number of nitrogens with zero attached hydrogens (tertiary/aromatic N) is 2. The monoisotopic (exact) mass is 306 g/mol. The Labute approximate surface area is 137 Å². The van der Waals surface area contributed by atoms with Crippen molar-refractivity contribution in [2.75, 3.05) is 11.4 Å². The van der Waals surface area contributed by atoms with E-state index in [1.165, 1.54) is 5.56 Å². The fourth-order valence-corrected chi connectivity index (χ4v) is 2.89. The third-order valence-electron chi connectivity index (χ3n) is 4.01. The molecule has 0 fully saturated rings. The number of para-hydroxylation sites is 1. The van der Waals surface area contributed by atoms with Crippen molar-refractivity contribution in [1.29, 1.82) is 0 Å². The second-order valence-electron chi connectivity index (χ2n) is 6.31. The number of carbonyl (C=O) groups excluding carboxylic acids is 1. The lowest BCUT2D eigenvalue weighted by molar-refractivity contribution is -0.112. The lowest BCUT2D eigenvalue weighted by Crippen LogP contribution is -2.33. The van der Waals surface area contributed by atoms with E-state index in [2.05, 4.69) is 31.8 Å². The van der Waals surface area contributed by atoms with E-state index in [1.807, 2.05) is 47.4 Å². The fourth-order valence-electron chi connectivity index (χ4n) is 2.89. The zero-order valence-electron chi connectivity index (χ0n) is 13.9. The Morgan fingerprint density at radius 3 is 2.61 bits per heavy atom. The highest BCUT2D eigenvalue weighted by atomic mass is 16.2. The molecule has 0 aliphatic carbocycles. The predicted molar refractivity (Wildman–Crippen MR) is 95.7 cm³/mol. The van der Waals surface area contributed by atoms with Crippen LogP contribution in [0.15, 0.2) is 53.5 Å². The summed E-state index contributed by atoms with van der Waals surface area (Å²) in [5.41, 5.74) is 4.52. The highest BCUT2D eigenvalue weighted by Gasteiger charge is 2.33. The molecule has 0 spiro atoms. The number of aryl methyl sites for hydroxylation is 1. The summed E-state index contributed by atoms with van der Waals surface area (Å²) < 4.78 is 0. The van der Waals surface area contributed by atoms with Gasteiger partial charge in [0, 0.05) is 12.1 Å². The molecule has 0 saturated heterocycles. The van der Waals surface area contributed by atoms with E-state index < -0.39 is 0 Å². The van der Waals surface area contributed by atoms with Gasteiger partial charge in [0.15, 0.2) is 0 Å². The molecule has 0 unspecified atom stereocenters. The second-order valence-corrected chi connectivity index (χ2v) is 6.31. The lowest BCUT2D eigenvalue weighted by atomic mass is 10.1. The molecule has 118 valence electrons. The molecule has 0 saturated carbocycles. The molecule has 1 amide bonds. The van der Waals surface area contributed by atoms with E-state index in [0.717, 1.165) is 23.4 Å². The molecule has 0 N–H and O–H groups in total. The molecule has 0 bridgehead atoms. The van der Waals surface area contributed by atoms with E-state index in [0.29, 0.717) is 18.2 Å². The molecule has 1 heterocycles. The van der Waals surface area contributed by atoms with Crippen molar-refractivity contribution in [3.05, 3.63) is 59.7 Å². The predicted octanol–water partition coefficient (Wildman–Crippen LogP) is 4.37. The first-order valence-electron chi connectivity index (χ1n) is 8.19. The third-order valence-corrected chi connectivity index (χ3v) is 4.01. The third kappa shape index (κ3) is 3.04. The largest absolute Gasteiger partial charge is 0.306 e. The molecule has 3 heteroatoms. The summed E-state index contributed by atoms with van der Waals surface area (Å²) in [6, 6.07) is 16.0. The van der Waals surface area contributed by atoms with Gasteiger partial charge in [0.25, 0.3) is 5.91 Å². The van der Waals surface area contributed by atoms with Gasteiger partial charge in [-0.05, 0) is 36.1 Å². The number of amides is 1. The first-order chi connectivity index (χ1) is 11.1. The Hall–Kier alpha value is -2.42. The van der Waals surface area contributed by atoms with E-state index >= 15 is 0 Å². The molecule has 0 atom stereocenters. The number of anilines is 1. The van der Waals surface area contributed by atoms with Crippen LogP contribution in [0, 0.1) is 5.92 Å². The number of hydrogen-bond donors (Lipinski definition) is 0. The van der Waals surface area contributed by atoms with Crippen LogP contribution in [-0.4, -0.2) is 18.2 Å². The van der Waals surface area contributed by atoms with E-state index in [1.54, 1.807) is 0 Å². The molecule has 23 heavy (non-hydrogen) atoms. The molecule has 2 aromatic carbocycles. The number of hydrogen-bond acceptors (Lipinski definition) is 2. The summed E-state index contributed by atoms with van der Waals surface area (Å²) in [5, 5.41) is 0. The van der Waals surface area contributed by atoms with Crippen molar-refractivity contribution in [3.63, 3.8) is 0 Å². The van der Waals surface area contributed by atoms with Crippen LogP contribution in [0.5, 0.6) is 0 Å². The van der Waals surface area contributed by atoms with Crippen molar-refractivity contribution in [2.45, 2.75) is 27.2 Å². The zero-order valence-corrected chi connectivity index (χ0v) is 13.9. The summed E-state index contributed by atoms with van der Waals surface area (Å²) in [6.45, 7) is 7.07. The molecule has 1 aliphatic heterocycles. The minimum atomic E-state index is 0.00167. The SMILES string of the molecule is CCc1cccc(N=C2C(=O)N(CC(C)C)c3ccccc32)c1. The summed E-state index contributed by atoms with van der Waals surface area (Å²) >= 11 is 0. The normalized spacial score (nSPS) is 15.6. The average molecular weight is 306 g/mol.